The molecule has 3 aromatic carbocycles. The molecule has 0 spiro atoms. The van der Waals surface area contributed by atoms with Crippen LogP contribution in [0, 0.1) is 6.92 Å². The molecule has 37 heavy (non-hydrogen) atoms. The highest BCUT2D eigenvalue weighted by Crippen LogP contribution is 2.22. The van der Waals surface area contributed by atoms with Gasteiger partial charge in [0.1, 0.15) is 12.4 Å². The molecule has 0 aliphatic rings. The maximum Gasteiger partial charge on any atom is 0.264 e. The van der Waals surface area contributed by atoms with E-state index in [1.807, 2.05) is 61.5 Å². The fourth-order valence-electron chi connectivity index (χ4n) is 3.16. The van der Waals surface area contributed by atoms with Gasteiger partial charge in [-0.15, -0.1) is 10.2 Å². The van der Waals surface area contributed by atoms with Gasteiger partial charge in [-0.05, 0) is 54.4 Å². The maximum absolute atomic E-state index is 12.4. The van der Waals surface area contributed by atoms with Crippen molar-refractivity contribution in [3.05, 3.63) is 92.9 Å². The van der Waals surface area contributed by atoms with Crippen LogP contribution in [0.2, 0.25) is 5.02 Å². The zero-order valence-corrected chi connectivity index (χ0v) is 22.8. The van der Waals surface area contributed by atoms with Crippen molar-refractivity contribution >= 4 is 63.1 Å². The molecule has 0 saturated heterocycles. The monoisotopic (exact) mass is 599 g/mol. The fourth-order valence-corrected chi connectivity index (χ4v) is 4.44. The molecule has 0 aliphatic heterocycles. The Bertz CT molecular complexity index is 1430. The lowest BCUT2D eigenvalue weighted by Crippen LogP contribution is -2.17. The zero-order chi connectivity index (χ0) is 26.2. The molecule has 0 bridgehead atoms. The Hall–Kier alpha value is -3.54. The molecule has 0 fully saturated rings. The van der Waals surface area contributed by atoms with Crippen LogP contribution in [-0.4, -0.2) is 32.7 Å². The Morgan fingerprint density at radius 2 is 2.03 bits per heavy atom. The SMILES string of the molecule is Cc1ccc(Cl)cc1NC(=O)CSc1nnc(N/N=C/c2ccccc2OCc2cccc(Br)c2)n1N. The number of nitrogens with zero attached hydrogens (tertiary/aromatic N) is 4. The number of hydrazone groups is 1. The van der Waals surface area contributed by atoms with Gasteiger partial charge in [-0.2, -0.15) is 5.10 Å². The number of thioether (sulfide) groups is 1. The van der Waals surface area contributed by atoms with Gasteiger partial charge >= 0.3 is 0 Å². The number of aromatic nitrogens is 3. The van der Waals surface area contributed by atoms with E-state index in [1.165, 1.54) is 4.68 Å². The number of para-hydroxylation sites is 1. The number of carbonyl (C=O) groups is 1. The number of aryl methyl sites for hydroxylation is 1. The molecule has 12 heteroatoms. The van der Waals surface area contributed by atoms with Crippen LogP contribution in [0.5, 0.6) is 5.75 Å². The van der Waals surface area contributed by atoms with Crippen LogP contribution in [-0.2, 0) is 11.4 Å². The van der Waals surface area contributed by atoms with E-state index in [1.54, 1.807) is 18.3 Å². The topological polar surface area (TPSA) is 119 Å². The summed E-state index contributed by atoms with van der Waals surface area (Å²) < 4.78 is 8.20. The number of nitrogens with one attached hydrogen (secondary N) is 2. The van der Waals surface area contributed by atoms with Crippen LogP contribution in [0.4, 0.5) is 11.6 Å². The maximum atomic E-state index is 12.4. The van der Waals surface area contributed by atoms with Gasteiger partial charge in [-0.3, -0.25) is 4.79 Å². The predicted octanol–water partition coefficient (Wildman–Crippen LogP) is 5.47. The van der Waals surface area contributed by atoms with E-state index in [4.69, 9.17) is 22.2 Å². The molecular weight excluding hydrogens is 578 g/mol. The van der Waals surface area contributed by atoms with Crippen molar-refractivity contribution < 1.29 is 9.53 Å². The molecule has 0 saturated carbocycles. The number of hydrogen-bond acceptors (Lipinski definition) is 8. The van der Waals surface area contributed by atoms with Crippen LogP contribution < -0.4 is 21.3 Å². The van der Waals surface area contributed by atoms with E-state index in [-0.39, 0.29) is 17.6 Å². The minimum absolute atomic E-state index is 0.0905. The fraction of sp³-hybridized carbons (Fsp3) is 0.120. The summed E-state index contributed by atoms with van der Waals surface area (Å²) in [5.41, 5.74) is 6.16. The van der Waals surface area contributed by atoms with Crippen molar-refractivity contribution in [3.63, 3.8) is 0 Å². The second kappa shape index (κ2) is 12.6. The number of ether oxygens (including phenoxy) is 1. The molecule has 9 nitrogen and oxygen atoms in total. The molecule has 4 aromatic rings. The Morgan fingerprint density at radius 1 is 1.19 bits per heavy atom. The molecular formula is C25H23BrClN7O2S. The summed E-state index contributed by atoms with van der Waals surface area (Å²) in [4.78, 5) is 12.4. The third-order valence-electron chi connectivity index (χ3n) is 5.04. The summed E-state index contributed by atoms with van der Waals surface area (Å²) in [6.45, 7) is 2.31. The van der Waals surface area contributed by atoms with E-state index in [0.29, 0.717) is 28.2 Å². The van der Waals surface area contributed by atoms with Crippen LogP contribution in [0.15, 0.2) is 81.5 Å². The van der Waals surface area contributed by atoms with E-state index in [9.17, 15) is 4.79 Å². The Morgan fingerprint density at radius 3 is 2.86 bits per heavy atom. The second-order valence-electron chi connectivity index (χ2n) is 7.80. The number of carbonyl (C=O) groups excluding carboxylic acids is 1. The van der Waals surface area contributed by atoms with Crippen LogP contribution in [0.1, 0.15) is 16.7 Å². The molecule has 0 atom stereocenters. The molecule has 4 rings (SSSR count). The third-order valence-corrected chi connectivity index (χ3v) is 6.71. The standard InChI is InChI=1S/C25H23BrClN7O2S/c1-16-9-10-20(27)12-21(16)30-23(35)15-37-25-33-32-24(34(25)28)31-29-13-18-6-2-3-8-22(18)36-14-17-5-4-7-19(26)11-17/h2-13H,14-15,28H2,1H3,(H,30,35)(H,31,32)/b29-13+. The highest BCUT2D eigenvalue weighted by molar-refractivity contribution is 9.10. The summed E-state index contributed by atoms with van der Waals surface area (Å²) in [6, 6.07) is 20.8. The second-order valence-corrected chi connectivity index (χ2v) is 10.1. The number of hydrogen-bond donors (Lipinski definition) is 3. The van der Waals surface area contributed by atoms with Gasteiger partial charge in [0.15, 0.2) is 0 Å². The number of rotatable bonds is 10. The van der Waals surface area contributed by atoms with Crippen molar-refractivity contribution in [2.45, 2.75) is 18.7 Å². The van der Waals surface area contributed by atoms with E-state index < -0.39 is 0 Å². The number of benzene rings is 3. The summed E-state index contributed by atoms with van der Waals surface area (Å²) >= 11 is 10.6. The summed E-state index contributed by atoms with van der Waals surface area (Å²) in [5.74, 6) is 6.85. The first kappa shape index (κ1) is 26.5. The lowest BCUT2D eigenvalue weighted by atomic mass is 10.2. The van der Waals surface area contributed by atoms with Crippen LogP contribution in [0.25, 0.3) is 0 Å². The average Bonchev–Trinajstić information content (AvgIpc) is 3.23. The zero-order valence-electron chi connectivity index (χ0n) is 19.7. The average molecular weight is 601 g/mol. The van der Waals surface area contributed by atoms with Gasteiger partial charge < -0.3 is 15.9 Å². The van der Waals surface area contributed by atoms with E-state index in [2.05, 4.69) is 42.0 Å². The van der Waals surface area contributed by atoms with Gasteiger partial charge in [0.25, 0.3) is 5.95 Å². The lowest BCUT2D eigenvalue weighted by Gasteiger charge is -2.09. The number of anilines is 2. The first-order valence-corrected chi connectivity index (χ1v) is 13.2. The van der Waals surface area contributed by atoms with Crippen molar-refractivity contribution in [2.24, 2.45) is 5.10 Å². The molecule has 0 aliphatic carbocycles. The minimum Gasteiger partial charge on any atom is -0.488 e. The summed E-state index contributed by atoms with van der Waals surface area (Å²) in [5, 5.41) is 16.0. The first-order chi connectivity index (χ1) is 17.9. The Labute approximate surface area is 231 Å². The Balaban J connectivity index is 1.32. The quantitative estimate of drug-likeness (QED) is 0.0955. The van der Waals surface area contributed by atoms with Crippen molar-refractivity contribution in [3.8, 4) is 5.75 Å². The van der Waals surface area contributed by atoms with E-state index >= 15 is 0 Å². The molecule has 1 heterocycles. The molecule has 0 radical (unpaired) electrons. The van der Waals surface area contributed by atoms with Gasteiger partial charge in [0.2, 0.25) is 11.1 Å². The molecule has 4 N–H and O–H groups in total. The van der Waals surface area contributed by atoms with Gasteiger partial charge in [-0.1, -0.05) is 69.6 Å². The van der Waals surface area contributed by atoms with Crippen molar-refractivity contribution in [2.75, 3.05) is 22.3 Å². The highest BCUT2D eigenvalue weighted by atomic mass is 79.9. The minimum atomic E-state index is -0.217. The Kier molecular flexibility index (Phi) is 9.04. The highest BCUT2D eigenvalue weighted by Gasteiger charge is 2.13. The molecule has 1 amide bonds. The number of nitrogens with two attached hydrogens (primary N) is 1. The molecule has 1 aromatic heterocycles. The number of nitrogen functional groups attached to an aromatic ring is 1. The predicted molar refractivity (Wildman–Crippen MR) is 152 cm³/mol. The third kappa shape index (κ3) is 7.48. The largest absolute Gasteiger partial charge is 0.488 e. The summed E-state index contributed by atoms with van der Waals surface area (Å²) in [7, 11) is 0. The van der Waals surface area contributed by atoms with Crippen LogP contribution >= 0.6 is 39.3 Å². The van der Waals surface area contributed by atoms with Gasteiger partial charge in [0, 0.05) is 20.7 Å². The van der Waals surface area contributed by atoms with E-state index in [0.717, 1.165) is 32.9 Å². The molecule has 190 valence electrons. The smallest absolute Gasteiger partial charge is 0.264 e. The van der Waals surface area contributed by atoms with Crippen LogP contribution in [0.3, 0.4) is 0 Å². The first-order valence-electron chi connectivity index (χ1n) is 11.0. The van der Waals surface area contributed by atoms with Crippen molar-refractivity contribution in [1.29, 1.82) is 0 Å². The van der Waals surface area contributed by atoms with Gasteiger partial charge in [-0.25, -0.2) is 10.1 Å². The molecule has 0 unspecified atom stereocenters. The van der Waals surface area contributed by atoms with Crippen molar-refractivity contribution in [1.82, 2.24) is 14.9 Å². The number of amides is 1. The summed E-state index contributed by atoms with van der Waals surface area (Å²) in [6.07, 6.45) is 1.61. The normalized spacial score (nSPS) is 11.0. The number of halogens is 2. The van der Waals surface area contributed by atoms with Gasteiger partial charge in [0.05, 0.1) is 12.0 Å². The lowest BCUT2D eigenvalue weighted by molar-refractivity contribution is -0.113.